The fraction of sp³-hybridized carbons (Fsp3) is 0.0385. The highest BCUT2D eigenvalue weighted by molar-refractivity contribution is 9.10. The number of anilines is 2. The van der Waals surface area contributed by atoms with Crippen molar-refractivity contribution >= 4 is 66.4 Å². The molecule has 7 nitrogen and oxygen atoms in total. The summed E-state index contributed by atoms with van der Waals surface area (Å²) in [6.07, 6.45) is 0. The van der Waals surface area contributed by atoms with E-state index in [1.807, 2.05) is 0 Å². The molecule has 0 aromatic heterocycles. The van der Waals surface area contributed by atoms with Gasteiger partial charge >= 0.3 is 0 Å². The van der Waals surface area contributed by atoms with Crippen LogP contribution in [0.1, 0.15) is 10.4 Å². The second kappa shape index (κ2) is 11.4. The molecule has 0 atom stereocenters. The van der Waals surface area contributed by atoms with Crippen molar-refractivity contribution in [1.82, 2.24) is 0 Å². The topological polar surface area (TPSA) is 93.7 Å². The molecule has 4 aromatic carbocycles. The number of benzene rings is 4. The van der Waals surface area contributed by atoms with Crippen LogP contribution in [0.5, 0.6) is 17.2 Å². The summed E-state index contributed by atoms with van der Waals surface area (Å²) in [5.74, 6) is 0.807. The summed E-state index contributed by atoms with van der Waals surface area (Å²) in [6.45, 7) is 0. The third-order valence-electron chi connectivity index (χ3n) is 5.08. The lowest BCUT2D eigenvalue weighted by Gasteiger charge is -2.14. The zero-order valence-electron chi connectivity index (χ0n) is 19.2. The van der Waals surface area contributed by atoms with Gasteiger partial charge in [-0.15, -0.1) is 0 Å². The normalized spacial score (nSPS) is 11.0. The van der Waals surface area contributed by atoms with E-state index in [0.29, 0.717) is 32.4 Å². The maximum atomic E-state index is 13.1. The molecule has 0 aliphatic carbocycles. The van der Waals surface area contributed by atoms with Crippen molar-refractivity contribution in [2.75, 3.05) is 17.1 Å². The van der Waals surface area contributed by atoms with Crippen LogP contribution in [0.3, 0.4) is 0 Å². The summed E-state index contributed by atoms with van der Waals surface area (Å²) < 4.78 is 40.4. The van der Waals surface area contributed by atoms with Gasteiger partial charge in [-0.05, 0) is 82.7 Å². The number of nitrogens with one attached hydrogen (secondary N) is 2. The number of hydrogen-bond acceptors (Lipinski definition) is 5. The molecule has 4 aromatic rings. The minimum absolute atomic E-state index is 0.0297. The largest absolute Gasteiger partial charge is 0.495 e. The van der Waals surface area contributed by atoms with E-state index in [4.69, 9.17) is 32.7 Å². The lowest BCUT2D eigenvalue weighted by Crippen LogP contribution is -2.18. The molecule has 0 spiro atoms. The smallest absolute Gasteiger partial charge is 0.261 e. The fourth-order valence-electron chi connectivity index (χ4n) is 3.27. The molecule has 0 unspecified atom stereocenters. The maximum Gasteiger partial charge on any atom is 0.261 e. The van der Waals surface area contributed by atoms with Gasteiger partial charge in [-0.2, -0.15) is 0 Å². The zero-order valence-corrected chi connectivity index (χ0v) is 23.1. The van der Waals surface area contributed by atoms with E-state index in [-0.39, 0.29) is 21.2 Å². The molecule has 37 heavy (non-hydrogen) atoms. The predicted octanol–water partition coefficient (Wildman–Crippen LogP) is 7.61. The van der Waals surface area contributed by atoms with Gasteiger partial charge in [0, 0.05) is 16.8 Å². The lowest BCUT2D eigenvalue weighted by atomic mass is 10.1. The average Bonchev–Trinajstić information content (AvgIpc) is 2.88. The van der Waals surface area contributed by atoms with Crippen molar-refractivity contribution in [3.63, 3.8) is 0 Å². The number of halogens is 3. The molecule has 0 aliphatic heterocycles. The van der Waals surface area contributed by atoms with Gasteiger partial charge in [0.25, 0.3) is 15.9 Å². The Morgan fingerprint density at radius 3 is 2.32 bits per heavy atom. The predicted molar refractivity (Wildman–Crippen MR) is 149 cm³/mol. The quantitative estimate of drug-likeness (QED) is 0.211. The first-order chi connectivity index (χ1) is 17.7. The molecular weight excluding hydrogens is 603 g/mol. The zero-order chi connectivity index (χ0) is 26.6. The van der Waals surface area contributed by atoms with Gasteiger partial charge in [0.2, 0.25) is 0 Å². The monoisotopic (exact) mass is 620 g/mol. The Bertz CT molecular complexity index is 1560. The van der Waals surface area contributed by atoms with Crippen LogP contribution in [0.4, 0.5) is 11.4 Å². The van der Waals surface area contributed by atoms with Crippen LogP contribution in [0.15, 0.2) is 94.3 Å². The van der Waals surface area contributed by atoms with Crippen molar-refractivity contribution in [1.29, 1.82) is 0 Å². The van der Waals surface area contributed by atoms with Crippen molar-refractivity contribution in [2.45, 2.75) is 4.90 Å². The Balaban J connectivity index is 1.55. The standard InChI is InChI=1S/C26H19BrCl2N2O5S/c1-35-25-15-17(7-12-21(25)27)30-26(32)20-14-16(28)6-13-23(20)31-37(33,34)19-10-8-18(9-11-19)36-24-5-3-2-4-22(24)29/h2-15,31H,1H3,(H,30,32). The van der Waals surface area contributed by atoms with E-state index in [2.05, 4.69) is 26.0 Å². The van der Waals surface area contributed by atoms with Crippen molar-refractivity contribution in [3.05, 3.63) is 105 Å². The molecule has 2 N–H and O–H groups in total. The van der Waals surface area contributed by atoms with Crippen LogP contribution < -0.4 is 19.5 Å². The first kappa shape index (κ1) is 26.8. The van der Waals surface area contributed by atoms with Crippen LogP contribution in [0.2, 0.25) is 10.0 Å². The Morgan fingerprint density at radius 1 is 0.892 bits per heavy atom. The van der Waals surface area contributed by atoms with Gasteiger partial charge in [0.05, 0.1) is 32.8 Å². The number of sulfonamides is 1. The SMILES string of the molecule is COc1cc(NC(=O)c2cc(Cl)ccc2NS(=O)(=O)c2ccc(Oc3ccccc3Cl)cc2)ccc1Br. The van der Waals surface area contributed by atoms with E-state index in [0.717, 1.165) is 0 Å². The van der Waals surface area contributed by atoms with E-state index < -0.39 is 15.9 Å². The fourth-order valence-corrected chi connectivity index (χ4v) is 5.11. The van der Waals surface area contributed by atoms with Crippen LogP contribution in [-0.4, -0.2) is 21.4 Å². The summed E-state index contributed by atoms with van der Waals surface area (Å²) in [6, 6.07) is 22.0. The number of rotatable bonds is 8. The van der Waals surface area contributed by atoms with Gasteiger partial charge in [-0.3, -0.25) is 9.52 Å². The Labute approximate surface area is 232 Å². The number of carbonyl (C=O) groups is 1. The second-order valence-corrected chi connectivity index (χ2v) is 11.0. The summed E-state index contributed by atoms with van der Waals surface area (Å²) in [7, 11) is -2.55. The Morgan fingerprint density at radius 2 is 1.62 bits per heavy atom. The average molecular weight is 622 g/mol. The van der Waals surface area contributed by atoms with E-state index in [1.165, 1.54) is 49.6 Å². The molecule has 0 saturated heterocycles. The highest BCUT2D eigenvalue weighted by atomic mass is 79.9. The minimum atomic E-state index is -4.05. The van der Waals surface area contributed by atoms with Crippen LogP contribution in [-0.2, 0) is 10.0 Å². The third-order valence-corrected chi connectivity index (χ3v) is 7.66. The van der Waals surface area contributed by atoms with Gasteiger partial charge in [0.15, 0.2) is 0 Å². The molecule has 0 saturated carbocycles. The van der Waals surface area contributed by atoms with E-state index in [1.54, 1.807) is 42.5 Å². The molecule has 0 fully saturated rings. The number of carbonyl (C=O) groups excluding carboxylic acids is 1. The number of hydrogen-bond donors (Lipinski definition) is 2. The first-order valence-corrected chi connectivity index (χ1v) is 13.7. The van der Waals surface area contributed by atoms with Gasteiger partial charge in [0.1, 0.15) is 17.2 Å². The summed E-state index contributed by atoms with van der Waals surface area (Å²) in [4.78, 5) is 13.0. The number of para-hydroxylation sites is 1. The lowest BCUT2D eigenvalue weighted by molar-refractivity contribution is 0.102. The number of ether oxygens (including phenoxy) is 2. The molecule has 0 bridgehead atoms. The molecule has 0 heterocycles. The van der Waals surface area contributed by atoms with Crippen molar-refractivity contribution in [2.24, 2.45) is 0 Å². The van der Waals surface area contributed by atoms with Crippen molar-refractivity contribution < 1.29 is 22.7 Å². The second-order valence-electron chi connectivity index (χ2n) is 7.60. The molecule has 1 amide bonds. The maximum absolute atomic E-state index is 13.1. The van der Waals surface area contributed by atoms with Crippen LogP contribution >= 0.6 is 39.1 Å². The number of methoxy groups -OCH3 is 1. The highest BCUT2D eigenvalue weighted by Crippen LogP contribution is 2.31. The molecule has 0 aliphatic rings. The summed E-state index contributed by atoms with van der Waals surface area (Å²) >= 11 is 15.6. The van der Waals surface area contributed by atoms with Crippen LogP contribution in [0, 0.1) is 0 Å². The van der Waals surface area contributed by atoms with E-state index >= 15 is 0 Å². The number of amides is 1. The molecular formula is C26H19BrCl2N2O5S. The Kier molecular flexibility index (Phi) is 8.29. The molecule has 11 heteroatoms. The first-order valence-electron chi connectivity index (χ1n) is 10.7. The van der Waals surface area contributed by atoms with Gasteiger partial charge in [-0.25, -0.2) is 8.42 Å². The Hall–Kier alpha value is -3.24. The third kappa shape index (κ3) is 6.56. The summed E-state index contributed by atoms with van der Waals surface area (Å²) in [5.41, 5.74) is 0.548. The molecule has 4 rings (SSSR count). The van der Waals surface area contributed by atoms with E-state index in [9.17, 15) is 13.2 Å². The van der Waals surface area contributed by atoms with Crippen LogP contribution in [0.25, 0.3) is 0 Å². The molecule has 190 valence electrons. The highest BCUT2D eigenvalue weighted by Gasteiger charge is 2.20. The molecule has 0 radical (unpaired) electrons. The minimum Gasteiger partial charge on any atom is -0.495 e. The van der Waals surface area contributed by atoms with Gasteiger partial charge in [-0.1, -0.05) is 35.3 Å². The summed E-state index contributed by atoms with van der Waals surface area (Å²) in [5, 5.41) is 3.42. The van der Waals surface area contributed by atoms with Gasteiger partial charge < -0.3 is 14.8 Å². The van der Waals surface area contributed by atoms with Crippen molar-refractivity contribution in [3.8, 4) is 17.2 Å².